The molecule has 5 N–H and O–H groups in total. The number of nitrogens with zero attached hydrogens (tertiary/aromatic N) is 5. The SMILES string of the molecule is CO/N=C(\C(=O)N[C@@H]1C(=O)N(S(=O)(=O)[O-])[C@@H]1COC(=O)/C(=N\OC)c1csc(N)n1)c1csc(N)n1.[Na+]. The molecule has 0 saturated carbocycles. The number of nitrogens with one attached hydrogen (secondary N) is 1. The van der Waals surface area contributed by atoms with E-state index in [4.69, 9.17) is 16.2 Å². The molecular weight excluding hydrogens is 567 g/mol. The van der Waals surface area contributed by atoms with Gasteiger partial charge in [0.25, 0.3) is 11.8 Å². The van der Waals surface area contributed by atoms with Crippen LogP contribution >= 0.6 is 22.7 Å². The third-order valence-corrected chi connectivity index (χ3v) is 6.66. The van der Waals surface area contributed by atoms with Gasteiger partial charge >= 0.3 is 35.5 Å². The van der Waals surface area contributed by atoms with Gasteiger partial charge < -0.3 is 35.7 Å². The molecule has 17 nitrogen and oxygen atoms in total. The van der Waals surface area contributed by atoms with Gasteiger partial charge in [0, 0.05) is 10.8 Å². The van der Waals surface area contributed by atoms with Crippen LogP contribution in [-0.4, -0.2) is 89.4 Å². The molecule has 21 heteroatoms. The van der Waals surface area contributed by atoms with Crippen LogP contribution in [0.1, 0.15) is 11.4 Å². The topological polar surface area (TPSA) is 254 Å². The molecule has 0 aliphatic carbocycles. The van der Waals surface area contributed by atoms with Crippen LogP contribution < -0.4 is 46.3 Å². The van der Waals surface area contributed by atoms with Crippen molar-refractivity contribution < 1.29 is 71.3 Å². The average Bonchev–Trinajstić information content (AvgIpc) is 3.43. The number of amides is 2. The van der Waals surface area contributed by atoms with Crippen LogP contribution in [0.5, 0.6) is 0 Å². The third kappa shape index (κ3) is 6.91. The van der Waals surface area contributed by atoms with Gasteiger partial charge in [0.1, 0.15) is 44.3 Å². The Morgan fingerprint density at radius 3 is 2.08 bits per heavy atom. The number of thiazole rings is 2. The fourth-order valence-corrected chi connectivity index (χ4v) is 4.87. The van der Waals surface area contributed by atoms with Gasteiger partial charge in [-0.3, -0.25) is 9.59 Å². The number of hydrogen-bond donors (Lipinski definition) is 3. The van der Waals surface area contributed by atoms with Crippen molar-refractivity contribution in [3.63, 3.8) is 0 Å². The van der Waals surface area contributed by atoms with E-state index in [1.165, 1.54) is 10.8 Å². The third-order valence-electron chi connectivity index (χ3n) is 4.38. The maximum Gasteiger partial charge on any atom is 1.00 e. The van der Waals surface area contributed by atoms with Crippen molar-refractivity contribution in [1.82, 2.24) is 19.6 Å². The van der Waals surface area contributed by atoms with E-state index in [1.807, 2.05) is 0 Å². The van der Waals surface area contributed by atoms with E-state index in [1.54, 1.807) is 0 Å². The molecule has 2 aromatic rings. The van der Waals surface area contributed by atoms with Crippen LogP contribution in [0.15, 0.2) is 21.1 Å². The number of aromatic nitrogens is 2. The Labute approximate surface area is 239 Å². The van der Waals surface area contributed by atoms with Crippen molar-refractivity contribution in [3.05, 3.63) is 22.1 Å². The summed E-state index contributed by atoms with van der Waals surface area (Å²) in [5, 5.41) is 12.3. The number of nitrogen functional groups attached to an aromatic ring is 2. The summed E-state index contributed by atoms with van der Waals surface area (Å²) in [7, 11) is -3.01. The van der Waals surface area contributed by atoms with E-state index in [9.17, 15) is 27.4 Å². The standard InChI is InChI=1S/C16H18N8O9S3.Na/c1-31-22-9(6-4-34-15(17)19-6)12(25)21-11-8(24(13(11)26)36(28,29)30)3-33-14(27)10(23-32-2)7-5-35-16(18)20-7;/h4-5,8,11H,3H2,1-2H3,(H2,17,19)(H2,18,20)(H,21,25)(H,28,29,30);/q;+1/p-1/b22-9-,23-10-;/t8-,11+;/m1./s1. The summed E-state index contributed by atoms with van der Waals surface area (Å²) in [6.07, 6.45) is 0. The number of rotatable bonds is 10. The van der Waals surface area contributed by atoms with E-state index in [-0.39, 0.29) is 61.2 Å². The zero-order valence-corrected chi connectivity index (χ0v) is 23.8. The van der Waals surface area contributed by atoms with Gasteiger partial charge in [0.05, 0.1) is 0 Å². The summed E-state index contributed by atoms with van der Waals surface area (Å²) in [5.74, 6) is -3.39. The van der Waals surface area contributed by atoms with Gasteiger partial charge in [0.15, 0.2) is 26.3 Å². The molecule has 2 amide bonds. The van der Waals surface area contributed by atoms with Crippen LogP contribution in [0.4, 0.5) is 10.3 Å². The number of oxime groups is 2. The monoisotopic (exact) mass is 584 g/mol. The minimum atomic E-state index is -5.31. The second kappa shape index (κ2) is 12.6. The van der Waals surface area contributed by atoms with E-state index in [0.717, 1.165) is 36.9 Å². The minimum Gasteiger partial charge on any atom is -0.731 e. The van der Waals surface area contributed by atoms with Crippen LogP contribution in [-0.2, 0) is 39.1 Å². The molecule has 2 atom stereocenters. The maximum atomic E-state index is 12.8. The van der Waals surface area contributed by atoms with Crippen LogP contribution in [0.3, 0.4) is 0 Å². The second-order valence-corrected chi connectivity index (χ2v) is 9.62. The molecule has 0 radical (unpaired) electrons. The van der Waals surface area contributed by atoms with Crippen molar-refractivity contribution in [1.29, 1.82) is 0 Å². The quantitative estimate of drug-likeness (QED) is 0.0590. The molecule has 1 aliphatic rings. The predicted octanol–water partition coefficient (Wildman–Crippen LogP) is -5.13. The summed E-state index contributed by atoms with van der Waals surface area (Å²) < 4.78 is 39.8. The van der Waals surface area contributed by atoms with Crippen LogP contribution in [0.25, 0.3) is 0 Å². The molecular formula is C16H17N8NaO9S3. The molecule has 0 bridgehead atoms. The van der Waals surface area contributed by atoms with Gasteiger partial charge in [-0.1, -0.05) is 10.3 Å². The van der Waals surface area contributed by atoms with E-state index >= 15 is 0 Å². The Morgan fingerprint density at radius 1 is 1.11 bits per heavy atom. The van der Waals surface area contributed by atoms with Gasteiger partial charge in [-0.15, -0.1) is 22.7 Å². The number of nitrogens with two attached hydrogens (primary N) is 2. The Balaban J connectivity index is 0.00000481. The fourth-order valence-electron chi connectivity index (χ4n) is 2.92. The molecule has 1 aliphatic heterocycles. The summed E-state index contributed by atoms with van der Waals surface area (Å²) in [6.45, 7) is -0.820. The maximum absolute atomic E-state index is 12.8. The molecule has 0 unspecified atom stereocenters. The number of β-lactam (4-membered cyclic amide) rings is 1. The number of ether oxygens (including phenoxy) is 1. The van der Waals surface area contributed by atoms with Gasteiger partial charge in [-0.2, -0.15) is 0 Å². The zero-order valence-electron chi connectivity index (χ0n) is 19.3. The first kappa shape index (κ1) is 30.3. The number of esters is 1. The molecule has 1 saturated heterocycles. The molecule has 0 aromatic carbocycles. The molecule has 1 fully saturated rings. The molecule has 194 valence electrons. The average molecular weight is 585 g/mol. The van der Waals surface area contributed by atoms with Crippen molar-refractivity contribution in [2.24, 2.45) is 10.3 Å². The molecule has 3 rings (SSSR count). The first-order chi connectivity index (χ1) is 17.0. The van der Waals surface area contributed by atoms with Crippen LogP contribution in [0, 0.1) is 0 Å². The Bertz CT molecular complexity index is 1340. The zero-order chi connectivity index (χ0) is 26.6. The van der Waals surface area contributed by atoms with Crippen molar-refractivity contribution >= 4 is 72.4 Å². The number of anilines is 2. The molecule has 37 heavy (non-hydrogen) atoms. The van der Waals surface area contributed by atoms with Crippen molar-refractivity contribution in [2.75, 3.05) is 32.3 Å². The van der Waals surface area contributed by atoms with Crippen molar-refractivity contribution in [3.8, 4) is 0 Å². The van der Waals surface area contributed by atoms with Gasteiger partial charge in [-0.05, 0) is 0 Å². The van der Waals surface area contributed by atoms with E-state index in [2.05, 4.69) is 35.3 Å². The van der Waals surface area contributed by atoms with Crippen LogP contribution in [0.2, 0.25) is 0 Å². The smallest absolute Gasteiger partial charge is 0.731 e. The first-order valence-electron chi connectivity index (χ1n) is 9.40. The largest absolute Gasteiger partial charge is 1.00 e. The number of hydrogen-bond acceptors (Lipinski definition) is 17. The summed E-state index contributed by atoms with van der Waals surface area (Å²) >= 11 is 2.00. The Hall–Kier alpha value is -2.88. The summed E-state index contributed by atoms with van der Waals surface area (Å²) in [4.78, 5) is 54.7. The fraction of sp³-hybridized carbons (Fsp3) is 0.312. The Kier molecular flexibility index (Phi) is 10.3. The normalized spacial score (nSPS) is 17.9. The first-order valence-corrected chi connectivity index (χ1v) is 12.5. The molecule has 3 heterocycles. The van der Waals surface area contributed by atoms with E-state index < -0.39 is 52.5 Å². The van der Waals surface area contributed by atoms with Crippen molar-refractivity contribution in [2.45, 2.75) is 12.1 Å². The van der Waals surface area contributed by atoms with Gasteiger partial charge in [0.2, 0.25) is 5.71 Å². The van der Waals surface area contributed by atoms with E-state index in [0.29, 0.717) is 0 Å². The number of carbonyl (C=O) groups is 3. The molecule has 2 aromatic heterocycles. The second-order valence-electron chi connectivity index (χ2n) is 6.60. The number of carbonyl (C=O) groups excluding carboxylic acids is 3. The summed E-state index contributed by atoms with van der Waals surface area (Å²) in [5.41, 5.74) is 10.3. The van der Waals surface area contributed by atoms with Gasteiger partial charge in [-0.25, -0.2) is 27.5 Å². The summed E-state index contributed by atoms with van der Waals surface area (Å²) in [6, 6.07) is -3.16. The molecule has 0 spiro atoms. The Morgan fingerprint density at radius 2 is 1.62 bits per heavy atom. The predicted molar refractivity (Wildman–Crippen MR) is 123 cm³/mol. The minimum absolute atomic E-state index is 0.